The molecule has 0 fully saturated rings. The van der Waals surface area contributed by atoms with E-state index in [2.05, 4.69) is 10.2 Å². The summed E-state index contributed by atoms with van der Waals surface area (Å²) in [5.41, 5.74) is 3.95. The molecule has 5 aromatic rings. The van der Waals surface area contributed by atoms with Crippen molar-refractivity contribution in [1.82, 2.24) is 20.0 Å². The van der Waals surface area contributed by atoms with Crippen molar-refractivity contribution in [1.29, 1.82) is 0 Å². The van der Waals surface area contributed by atoms with Gasteiger partial charge in [0.1, 0.15) is 5.75 Å². The van der Waals surface area contributed by atoms with Crippen LogP contribution in [0, 0.1) is 0 Å². The summed E-state index contributed by atoms with van der Waals surface area (Å²) >= 11 is 1.46. The third-order valence-corrected chi connectivity index (χ3v) is 5.53. The Balaban J connectivity index is 1.44. The van der Waals surface area contributed by atoms with E-state index in [1.54, 1.807) is 25.5 Å². The van der Waals surface area contributed by atoms with Gasteiger partial charge >= 0.3 is 0 Å². The largest absolute Gasteiger partial charge is 0.497 e. The molecular weight excluding hydrogens is 412 g/mol. The lowest BCUT2D eigenvalue weighted by Gasteiger charge is -2.03. The molecule has 0 amide bonds. The maximum Gasteiger partial charge on any atom is 0.284 e. The molecule has 7 nitrogen and oxygen atoms in total. The maximum atomic E-state index is 5.72. The van der Waals surface area contributed by atoms with E-state index in [4.69, 9.17) is 18.7 Å². The van der Waals surface area contributed by atoms with Crippen LogP contribution in [0.2, 0.25) is 0 Å². The van der Waals surface area contributed by atoms with Crippen LogP contribution in [0.3, 0.4) is 0 Å². The zero-order valence-electron chi connectivity index (χ0n) is 16.6. The third kappa shape index (κ3) is 4.10. The molecule has 0 bridgehead atoms. The van der Waals surface area contributed by atoms with Crippen molar-refractivity contribution in [2.75, 3.05) is 7.11 Å². The Bertz CT molecular complexity index is 1260. The van der Waals surface area contributed by atoms with Crippen molar-refractivity contribution in [2.24, 2.45) is 0 Å². The highest BCUT2D eigenvalue weighted by atomic mass is 32.2. The number of nitrogens with zero attached hydrogens (tertiary/aromatic N) is 4. The van der Waals surface area contributed by atoms with E-state index in [1.165, 1.54) is 11.8 Å². The normalized spacial score (nSPS) is 11.0. The Labute approximate surface area is 182 Å². The monoisotopic (exact) mass is 430 g/mol. The highest BCUT2D eigenvalue weighted by Gasteiger charge is 2.16. The van der Waals surface area contributed by atoms with Crippen molar-refractivity contribution < 1.29 is 13.6 Å². The van der Waals surface area contributed by atoms with Gasteiger partial charge < -0.3 is 13.6 Å². The van der Waals surface area contributed by atoms with Gasteiger partial charge in [0.25, 0.3) is 11.1 Å². The average molecular weight is 430 g/mol. The van der Waals surface area contributed by atoms with Gasteiger partial charge in [0.2, 0.25) is 0 Å². The van der Waals surface area contributed by atoms with Crippen molar-refractivity contribution in [2.45, 2.75) is 11.0 Å². The number of aromatic nitrogens is 4. The second-order valence-electron chi connectivity index (χ2n) is 6.65. The number of hydrogen-bond acceptors (Lipinski definition) is 7. The zero-order valence-corrected chi connectivity index (χ0v) is 17.5. The molecule has 0 aliphatic heterocycles. The molecule has 0 atom stereocenters. The molecular formula is C23H18N4O3S. The number of hydrogen-bond donors (Lipinski definition) is 0. The van der Waals surface area contributed by atoms with Crippen LogP contribution in [0.5, 0.6) is 5.75 Å². The second kappa shape index (κ2) is 8.53. The van der Waals surface area contributed by atoms with Crippen LogP contribution in [-0.4, -0.2) is 27.1 Å². The number of para-hydroxylation sites is 1. The first-order valence-corrected chi connectivity index (χ1v) is 10.6. The summed E-state index contributed by atoms with van der Waals surface area (Å²) < 4.78 is 18.2. The van der Waals surface area contributed by atoms with E-state index in [-0.39, 0.29) is 0 Å². The summed E-state index contributed by atoms with van der Waals surface area (Å²) in [4.78, 5) is 0. The fourth-order valence-electron chi connectivity index (χ4n) is 3.13. The molecule has 154 valence electrons. The molecule has 0 radical (unpaired) electrons. The lowest BCUT2D eigenvalue weighted by atomic mass is 10.1. The number of ether oxygens (including phenoxy) is 1. The van der Waals surface area contributed by atoms with Gasteiger partial charge in [0, 0.05) is 23.1 Å². The predicted octanol–water partition coefficient (Wildman–Crippen LogP) is 5.48. The average Bonchev–Trinajstić information content (AvgIpc) is 3.59. The van der Waals surface area contributed by atoms with E-state index in [0.717, 1.165) is 28.3 Å². The summed E-state index contributed by atoms with van der Waals surface area (Å²) in [5, 5.41) is 13.5. The van der Waals surface area contributed by atoms with Crippen LogP contribution < -0.4 is 4.74 Å². The van der Waals surface area contributed by atoms with Crippen LogP contribution in [0.1, 0.15) is 5.56 Å². The summed E-state index contributed by atoms with van der Waals surface area (Å²) in [5.74, 6) is 2.34. The van der Waals surface area contributed by atoms with Gasteiger partial charge in [-0.3, -0.25) is 0 Å². The number of rotatable bonds is 7. The zero-order chi connectivity index (χ0) is 21.0. The minimum Gasteiger partial charge on any atom is -0.497 e. The Hall–Kier alpha value is -3.78. The van der Waals surface area contributed by atoms with Gasteiger partial charge in [-0.1, -0.05) is 30.0 Å². The molecule has 0 spiro atoms. The molecule has 3 aromatic heterocycles. The highest BCUT2D eigenvalue weighted by molar-refractivity contribution is 7.98. The summed E-state index contributed by atoms with van der Waals surface area (Å²) in [7, 11) is 1.66. The van der Waals surface area contributed by atoms with Crippen LogP contribution in [0.15, 0.2) is 93.2 Å². The number of furan rings is 1. The van der Waals surface area contributed by atoms with E-state index >= 15 is 0 Å². The van der Waals surface area contributed by atoms with Gasteiger partial charge in [-0.25, -0.2) is 4.68 Å². The summed E-state index contributed by atoms with van der Waals surface area (Å²) in [6, 6.07) is 21.5. The van der Waals surface area contributed by atoms with Gasteiger partial charge in [-0.2, -0.15) is 5.10 Å². The minimum absolute atomic E-state index is 0.364. The van der Waals surface area contributed by atoms with Crippen LogP contribution >= 0.6 is 11.8 Å². The molecule has 31 heavy (non-hydrogen) atoms. The summed E-state index contributed by atoms with van der Waals surface area (Å²) in [6.45, 7) is 0. The van der Waals surface area contributed by atoms with Gasteiger partial charge in [-0.15, -0.1) is 10.2 Å². The topological polar surface area (TPSA) is 79.1 Å². The van der Waals surface area contributed by atoms with Gasteiger partial charge in [0.15, 0.2) is 5.76 Å². The van der Waals surface area contributed by atoms with Crippen LogP contribution in [0.25, 0.3) is 28.6 Å². The number of thioether (sulfide) groups is 1. The first-order chi connectivity index (χ1) is 15.3. The maximum absolute atomic E-state index is 5.72. The highest BCUT2D eigenvalue weighted by Crippen LogP contribution is 2.31. The molecule has 5 rings (SSSR count). The molecule has 3 heterocycles. The first-order valence-electron chi connectivity index (χ1n) is 9.59. The molecule has 0 aliphatic carbocycles. The number of benzene rings is 2. The Morgan fingerprint density at radius 3 is 2.55 bits per heavy atom. The van der Waals surface area contributed by atoms with Crippen molar-refractivity contribution in [3.63, 3.8) is 0 Å². The Kier molecular flexibility index (Phi) is 5.28. The van der Waals surface area contributed by atoms with Gasteiger partial charge in [0.05, 0.1) is 24.8 Å². The molecule has 2 aromatic carbocycles. The van der Waals surface area contributed by atoms with E-state index in [1.807, 2.05) is 65.5 Å². The quantitative estimate of drug-likeness (QED) is 0.316. The molecule has 0 saturated carbocycles. The van der Waals surface area contributed by atoms with Crippen molar-refractivity contribution in [3.05, 3.63) is 84.8 Å². The Morgan fingerprint density at radius 2 is 1.81 bits per heavy atom. The summed E-state index contributed by atoms with van der Waals surface area (Å²) in [6.07, 6.45) is 3.61. The molecule has 0 aliphatic rings. The fourth-order valence-corrected chi connectivity index (χ4v) is 3.85. The van der Waals surface area contributed by atoms with Crippen molar-refractivity contribution in [3.8, 4) is 34.3 Å². The molecule has 0 saturated heterocycles. The van der Waals surface area contributed by atoms with E-state index in [9.17, 15) is 0 Å². The Morgan fingerprint density at radius 1 is 0.968 bits per heavy atom. The van der Waals surface area contributed by atoms with Gasteiger partial charge in [-0.05, 0) is 48.5 Å². The standard InChI is InChI=1S/C23H18N4O3S/c1-28-19-11-9-16(10-12-19)21-17(14-27(26-21)18-6-3-2-4-7-18)15-31-23-25-24-22(30-23)20-8-5-13-29-20/h2-14H,15H2,1H3. The van der Waals surface area contributed by atoms with E-state index in [0.29, 0.717) is 22.6 Å². The molecule has 0 N–H and O–H groups in total. The van der Waals surface area contributed by atoms with E-state index < -0.39 is 0 Å². The SMILES string of the molecule is COc1ccc(-c2nn(-c3ccccc3)cc2CSc2nnc(-c3ccco3)o2)cc1. The minimum atomic E-state index is 0.364. The fraction of sp³-hybridized carbons (Fsp3) is 0.0870. The lowest BCUT2D eigenvalue weighted by molar-refractivity contribution is 0.415. The third-order valence-electron chi connectivity index (χ3n) is 4.66. The smallest absolute Gasteiger partial charge is 0.284 e. The van der Waals surface area contributed by atoms with Crippen molar-refractivity contribution >= 4 is 11.8 Å². The number of methoxy groups -OCH3 is 1. The van der Waals surface area contributed by atoms with Crippen LogP contribution in [-0.2, 0) is 5.75 Å². The molecule has 0 unspecified atom stereocenters. The second-order valence-corrected chi connectivity index (χ2v) is 7.58. The predicted molar refractivity (Wildman–Crippen MR) is 117 cm³/mol. The first kappa shape index (κ1) is 19.2. The lowest BCUT2D eigenvalue weighted by Crippen LogP contribution is -1.94. The molecule has 8 heteroatoms. The van der Waals surface area contributed by atoms with Crippen LogP contribution in [0.4, 0.5) is 0 Å².